The van der Waals surface area contributed by atoms with Crippen molar-refractivity contribution in [2.45, 2.75) is 6.42 Å². The van der Waals surface area contributed by atoms with Crippen LogP contribution in [0.2, 0.25) is 0 Å². The summed E-state index contributed by atoms with van der Waals surface area (Å²) in [5.41, 5.74) is 2.08. The minimum atomic E-state index is -0.245. The van der Waals surface area contributed by atoms with Gasteiger partial charge in [0.2, 0.25) is 0 Å². The quantitative estimate of drug-likeness (QED) is 0.482. The molecule has 1 amide bonds. The van der Waals surface area contributed by atoms with Crippen molar-refractivity contribution in [1.82, 2.24) is 5.32 Å². The Morgan fingerprint density at radius 1 is 1.62 bits per heavy atom. The fraction of sp³-hybridized carbons (Fsp3) is 0.182. The summed E-state index contributed by atoms with van der Waals surface area (Å²) in [4.78, 5) is 13.3. The van der Waals surface area contributed by atoms with Crippen LogP contribution in [0.25, 0.3) is 0 Å². The van der Waals surface area contributed by atoms with Gasteiger partial charge in [-0.1, -0.05) is 0 Å². The van der Waals surface area contributed by atoms with Gasteiger partial charge in [0.1, 0.15) is 0 Å². The number of carbonyl (C=O) groups excluding carboxylic acids is 1. The Bertz CT molecular complexity index is 335. The number of hydrogen-bond acceptors (Lipinski definition) is 2. The molecule has 3 nitrogen and oxygen atoms in total. The number of nitrogens with zero attached hydrogens (tertiary/aromatic N) is 1. The first-order valence-electron chi connectivity index (χ1n) is 4.23. The summed E-state index contributed by atoms with van der Waals surface area (Å²) in [5, 5.41) is 2.28. The first kappa shape index (κ1) is 18.5. The summed E-state index contributed by atoms with van der Waals surface area (Å²) in [6.07, 6.45) is 4.94. The standard InChI is InChI=1S/C8H7N.C3H6NO.W.Y/c1-3-7-5-4-6-8(7)9-2;1-3(5)4-2;;/h2,4-5H,1,6H2;1H2,2H3,(H,4,5);;/q-2;-1;;. The van der Waals surface area contributed by atoms with Crippen molar-refractivity contribution in [2.75, 3.05) is 7.05 Å². The molecule has 0 aromatic carbocycles. The normalized spacial score (nSPS) is 12.1. The average Bonchev–Trinajstić information content (AvgIpc) is 2.66. The second-order valence-electron chi connectivity index (χ2n) is 2.69. The van der Waals surface area contributed by atoms with Crippen molar-refractivity contribution in [2.24, 2.45) is 4.99 Å². The van der Waals surface area contributed by atoms with Crippen molar-refractivity contribution >= 4 is 16.5 Å². The summed E-state index contributed by atoms with van der Waals surface area (Å²) in [6, 6.07) is 0. The topological polar surface area (TPSA) is 41.5 Å². The molecule has 0 bridgehead atoms. The summed E-state index contributed by atoms with van der Waals surface area (Å²) < 4.78 is 1.11. The van der Waals surface area contributed by atoms with E-state index in [1.54, 1.807) is 0 Å². The summed E-state index contributed by atoms with van der Waals surface area (Å²) in [6.45, 7) is 12.0. The molecule has 1 aliphatic rings. The van der Waals surface area contributed by atoms with E-state index in [0.29, 0.717) is 0 Å². The van der Waals surface area contributed by atoms with Crippen molar-refractivity contribution in [3.8, 4) is 0 Å². The predicted molar refractivity (Wildman–Crippen MR) is 59.1 cm³/mol. The van der Waals surface area contributed by atoms with E-state index in [2.05, 4.69) is 30.2 Å². The van der Waals surface area contributed by atoms with Crippen molar-refractivity contribution < 1.29 is 56.9 Å². The molecule has 5 heteroatoms. The van der Waals surface area contributed by atoms with E-state index in [4.69, 9.17) is 6.72 Å². The maximum absolute atomic E-state index is 9.59. The first-order valence-corrected chi connectivity index (χ1v) is 5.70. The molecule has 0 aromatic heterocycles. The zero-order valence-corrected chi connectivity index (χ0v) is 15.0. The number of rotatable bonds is 2. The van der Waals surface area contributed by atoms with Gasteiger partial charge in [-0.25, -0.2) is 0 Å². The van der Waals surface area contributed by atoms with Crippen LogP contribution in [0.4, 0.5) is 0 Å². The SMILES string of the molecule is [CH-]=NC1=C([C]([CH2-])=[W])C=CC1.[CH2-]C(=O)NC.[Y]. The van der Waals surface area contributed by atoms with E-state index < -0.39 is 0 Å². The molecule has 0 saturated carbocycles. The van der Waals surface area contributed by atoms with E-state index >= 15 is 0 Å². The molecule has 0 atom stereocenters. The second-order valence-corrected chi connectivity index (χ2v) is 4.46. The number of amides is 1. The molecule has 0 saturated heterocycles. The van der Waals surface area contributed by atoms with Crippen LogP contribution < -0.4 is 5.32 Å². The summed E-state index contributed by atoms with van der Waals surface area (Å²) in [5.74, 6) is -0.245. The van der Waals surface area contributed by atoms with Gasteiger partial charge in [0.05, 0.1) is 5.91 Å². The van der Waals surface area contributed by atoms with Gasteiger partial charge in [-0.2, -0.15) is 0 Å². The van der Waals surface area contributed by atoms with Crippen LogP contribution in [-0.4, -0.2) is 23.6 Å². The maximum atomic E-state index is 9.59. The van der Waals surface area contributed by atoms with Crippen LogP contribution in [0.5, 0.6) is 0 Å². The monoisotopic (exact) mass is 462 g/mol. The fourth-order valence-corrected chi connectivity index (χ4v) is 1.54. The number of allylic oxidation sites excluding steroid dienone is 3. The largest absolute Gasteiger partial charge is 0.384 e. The average molecular weight is 462 g/mol. The van der Waals surface area contributed by atoms with Crippen LogP contribution in [0.15, 0.2) is 28.4 Å². The van der Waals surface area contributed by atoms with E-state index in [-0.39, 0.29) is 38.6 Å². The molecule has 0 fully saturated rings. The minimum absolute atomic E-state index is 0. The van der Waals surface area contributed by atoms with Crippen LogP contribution in [0.3, 0.4) is 0 Å². The van der Waals surface area contributed by atoms with Gasteiger partial charge >= 0.3 is 71.7 Å². The molecule has 16 heavy (non-hydrogen) atoms. The Morgan fingerprint density at radius 3 is 2.38 bits per heavy atom. The molecule has 0 unspecified atom stereocenters. The van der Waals surface area contributed by atoms with E-state index in [1.807, 2.05) is 6.08 Å². The molecule has 1 aliphatic carbocycles. The van der Waals surface area contributed by atoms with Gasteiger partial charge < -0.3 is 17.0 Å². The van der Waals surface area contributed by atoms with Crippen LogP contribution >= 0.6 is 0 Å². The van der Waals surface area contributed by atoms with Gasteiger partial charge in [-0.15, -0.1) is 0 Å². The third-order valence-electron chi connectivity index (χ3n) is 1.64. The molecule has 0 aliphatic heterocycles. The van der Waals surface area contributed by atoms with E-state index in [9.17, 15) is 4.79 Å². The van der Waals surface area contributed by atoms with Gasteiger partial charge in [-0.05, 0) is 0 Å². The zero-order valence-electron chi connectivity index (χ0n) is 9.19. The molecular weight excluding hydrogens is 449 g/mol. The number of carbonyl (C=O) groups is 1. The Labute approximate surface area is 133 Å². The Morgan fingerprint density at radius 2 is 2.12 bits per heavy atom. The van der Waals surface area contributed by atoms with Gasteiger partial charge in [0, 0.05) is 39.8 Å². The van der Waals surface area contributed by atoms with E-state index in [0.717, 1.165) is 21.6 Å². The number of aliphatic imine (C=N–C) groups is 1. The smallest absolute Gasteiger partial charge is 0.0794 e. The van der Waals surface area contributed by atoms with Crippen LogP contribution in [-0.2, 0) is 56.9 Å². The Kier molecular flexibility index (Phi) is 11.9. The Balaban J connectivity index is 0. The molecule has 1 N–H and O–H groups in total. The third-order valence-corrected chi connectivity index (χ3v) is 2.43. The summed E-state index contributed by atoms with van der Waals surface area (Å²) in [7, 11) is 1.54. The molecule has 0 heterocycles. The first-order chi connectivity index (χ1) is 7.02. The second kappa shape index (κ2) is 10.3. The van der Waals surface area contributed by atoms with Gasteiger partial charge in [-0.3, -0.25) is 0 Å². The van der Waals surface area contributed by atoms with Crippen LogP contribution in [0, 0.1) is 13.8 Å². The van der Waals surface area contributed by atoms with Crippen molar-refractivity contribution in [1.29, 1.82) is 0 Å². The fourth-order valence-electron chi connectivity index (χ4n) is 0.871. The van der Waals surface area contributed by atoms with Crippen molar-refractivity contribution in [3.63, 3.8) is 0 Å². The molecule has 85 valence electrons. The molecular formula is C11H13N2OWY-3. The Hall–Kier alpha value is 0.152. The minimum Gasteiger partial charge on any atom is -0.384 e. The predicted octanol–water partition coefficient (Wildman–Crippen LogP) is 0.895. The number of hydrogen-bond donors (Lipinski definition) is 1. The maximum Gasteiger partial charge on any atom is 0.0794 e. The summed E-state index contributed by atoms with van der Waals surface area (Å²) >= 11 is 1.37. The van der Waals surface area contributed by atoms with Gasteiger partial charge in [0.25, 0.3) is 0 Å². The molecule has 1 rings (SSSR count). The molecule has 1 radical (unpaired) electrons. The third kappa shape index (κ3) is 7.43. The van der Waals surface area contributed by atoms with Crippen LogP contribution in [0.1, 0.15) is 6.42 Å². The van der Waals surface area contributed by atoms with Gasteiger partial charge in [0.15, 0.2) is 0 Å². The zero-order chi connectivity index (χ0) is 11.8. The number of nitrogens with one attached hydrogen (secondary N) is 1. The van der Waals surface area contributed by atoms with Crippen molar-refractivity contribution in [3.05, 3.63) is 37.3 Å². The van der Waals surface area contributed by atoms with E-state index in [1.165, 1.54) is 26.4 Å². The molecule has 0 spiro atoms. The molecule has 0 aromatic rings.